The highest BCUT2D eigenvalue weighted by Crippen LogP contribution is 2.38. The summed E-state index contributed by atoms with van der Waals surface area (Å²) in [7, 11) is 0. The zero-order chi connectivity index (χ0) is 10.7. The van der Waals surface area contributed by atoms with E-state index in [9.17, 15) is 9.18 Å². The Kier molecular flexibility index (Phi) is 3.23. The fourth-order valence-electron chi connectivity index (χ4n) is 1.21. The number of carbonyl (C=O) groups is 1. The van der Waals surface area contributed by atoms with Gasteiger partial charge in [0.05, 0.1) is 0 Å². The van der Waals surface area contributed by atoms with Crippen LogP contribution in [0.25, 0.3) is 0 Å². The molecule has 0 heterocycles. The van der Waals surface area contributed by atoms with Crippen LogP contribution in [0.5, 0.6) is 0 Å². The Labute approximate surface area is 84.7 Å². The van der Waals surface area contributed by atoms with Gasteiger partial charge in [-0.15, -0.1) is 0 Å². The Morgan fingerprint density at radius 2 is 2.14 bits per heavy atom. The van der Waals surface area contributed by atoms with Gasteiger partial charge in [0.25, 0.3) is 0 Å². The Hall–Kier alpha value is -1.38. The lowest BCUT2D eigenvalue weighted by Crippen LogP contribution is -2.20. The first-order valence-electron chi connectivity index (χ1n) is 4.53. The van der Waals surface area contributed by atoms with Crippen molar-refractivity contribution in [1.29, 1.82) is 0 Å². The van der Waals surface area contributed by atoms with Gasteiger partial charge in [-0.2, -0.15) is 0 Å². The topological polar surface area (TPSA) is 29.1 Å². The van der Waals surface area contributed by atoms with E-state index in [1.165, 1.54) is 13.0 Å². The Bertz CT molecular complexity index is 319. The minimum Gasteiger partial charge on any atom is -0.326 e. The maximum absolute atomic E-state index is 12.6. The normalized spacial score (nSPS) is 16.3. The zero-order valence-corrected chi connectivity index (χ0v) is 8.27. The van der Waals surface area contributed by atoms with E-state index in [1.54, 1.807) is 0 Å². The van der Waals surface area contributed by atoms with Gasteiger partial charge in [0.2, 0.25) is 5.91 Å². The summed E-state index contributed by atoms with van der Waals surface area (Å²) < 4.78 is 12.6. The molecule has 1 saturated carbocycles. The molecule has 3 heteroatoms. The summed E-state index contributed by atoms with van der Waals surface area (Å²) in [6, 6.07) is 0. The fraction of sp³-hybridized carbons (Fsp3) is 0.364. The lowest BCUT2D eigenvalue weighted by atomic mass is 10.1. The van der Waals surface area contributed by atoms with Gasteiger partial charge in [-0.3, -0.25) is 4.79 Å². The van der Waals surface area contributed by atoms with Crippen LogP contribution in [0.3, 0.4) is 0 Å². The summed E-state index contributed by atoms with van der Waals surface area (Å²) in [4.78, 5) is 10.8. The number of hydrogen-bond donors (Lipinski definition) is 1. The van der Waals surface area contributed by atoms with Crippen molar-refractivity contribution in [3.8, 4) is 0 Å². The van der Waals surface area contributed by atoms with Crippen molar-refractivity contribution in [1.82, 2.24) is 5.32 Å². The van der Waals surface area contributed by atoms with Crippen LogP contribution in [-0.2, 0) is 4.79 Å². The summed E-state index contributed by atoms with van der Waals surface area (Å²) >= 11 is 0. The van der Waals surface area contributed by atoms with Gasteiger partial charge in [0.15, 0.2) is 0 Å². The van der Waals surface area contributed by atoms with Crippen LogP contribution in [0.15, 0.2) is 36.3 Å². The molecule has 0 atom stereocenters. The summed E-state index contributed by atoms with van der Waals surface area (Å²) in [5.74, 6) is -0.401. The van der Waals surface area contributed by atoms with Crippen LogP contribution in [-0.4, -0.2) is 5.91 Å². The third-order valence-corrected chi connectivity index (χ3v) is 2.03. The molecule has 1 amide bonds. The molecule has 0 aliphatic heterocycles. The molecule has 1 rings (SSSR count). The molecule has 0 spiro atoms. The zero-order valence-electron chi connectivity index (χ0n) is 8.27. The SMILES string of the molecule is C=C(F)/C=C(/NC(C)=O)C(=C)C1CC1.[HH]. The molecule has 1 N–H and O–H groups in total. The molecule has 0 aromatic rings. The van der Waals surface area contributed by atoms with E-state index in [-0.39, 0.29) is 7.33 Å². The lowest BCUT2D eigenvalue weighted by Gasteiger charge is -2.09. The van der Waals surface area contributed by atoms with Crippen LogP contribution in [0.4, 0.5) is 4.39 Å². The van der Waals surface area contributed by atoms with Gasteiger partial charge < -0.3 is 5.32 Å². The molecule has 1 fully saturated rings. The first-order valence-corrected chi connectivity index (χ1v) is 4.53. The minimum atomic E-state index is -0.574. The molecule has 1 aliphatic rings. The molecule has 14 heavy (non-hydrogen) atoms. The number of hydrogen-bond acceptors (Lipinski definition) is 1. The molecule has 0 bridgehead atoms. The first-order chi connectivity index (χ1) is 6.50. The van der Waals surface area contributed by atoms with E-state index in [0.29, 0.717) is 11.6 Å². The highest BCUT2D eigenvalue weighted by Gasteiger charge is 2.27. The largest absolute Gasteiger partial charge is 0.326 e. The molecule has 0 aromatic carbocycles. The Morgan fingerprint density at radius 3 is 2.50 bits per heavy atom. The van der Waals surface area contributed by atoms with Crippen molar-refractivity contribution in [2.24, 2.45) is 5.92 Å². The van der Waals surface area contributed by atoms with Crippen molar-refractivity contribution >= 4 is 5.91 Å². The van der Waals surface area contributed by atoms with E-state index < -0.39 is 5.83 Å². The lowest BCUT2D eigenvalue weighted by molar-refractivity contribution is -0.118. The predicted octanol–water partition coefficient (Wildman–Crippen LogP) is 2.70. The van der Waals surface area contributed by atoms with Gasteiger partial charge in [0.1, 0.15) is 5.83 Å². The first kappa shape index (κ1) is 10.7. The highest BCUT2D eigenvalue weighted by molar-refractivity contribution is 5.76. The van der Waals surface area contributed by atoms with Crippen molar-refractivity contribution in [3.05, 3.63) is 36.3 Å². The van der Waals surface area contributed by atoms with Crippen LogP contribution >= 0.6 is 0 Å². The maximum Gasteiger partial charge on any atom is 0.221 e. The third-order valence-electron chi connectivity index (χ3n) is 2.03. The molecular weight excluding hydrogens is 181 g/mol. The van der Waals surface area contributed by atoms with E-state index >= 15 is 0 Å². The van der Waals surface area contributed by atoms with Crippen molar-refractivity contribution in [3.63, 3.8) is 0 Å². The average molecular weight is 197 g/mol. The van der Waals surface area contributed by atoms with Gasteiger partial charge in [-0.1, -0.05) is 13.2 Å². The van der Waals surface area contributed by atoms with Crippen molar-refractivity contribution in [2.75, 3.05) is 0 Å². The maximum atomic E-state index is 12.6. The molecule has 2 nitrogen and oxygen atoms in total. The average Bonchev–Trinajstić information content (AvgIpc) is 2.82. The van der Waals surface area contributed by atoms with Crippen LogP contribution < -0.4 is 5.32 Å². The van der Waals surface area contributed by atoms with Gasteiger partial charge in [0, 0.05) is 14.0 Å². The number of carbonyl (C=O) groups excluding carboxylic acids is 1. The third kappa shape index (κ3) is 3.17. The smallest absolute Gasteiger partial charge is 0.221 e. The molecule has 1 aliphatic carbocycles. The Balaban J connectivity index is 0.00000196. The van der Waals surface area contributed by atoms with E-state index in [2.05, 4.69) is 18.5 Å². The van der Waals surface area contributed by atoms with Gasteiger partial charge in [-0.05, 0) is 30.4 Å². The standard InChI is InChI=1S/C11H14FNO.H2/c1-7(12)6-11(13-9(3)14)8(2)10-4-5-10;/h6,10H,1-2,4-5H2,3H3,(H,13,14);1H/b11-6+;. The highest BCUT2D eigenvalue weighted by atomic mass is 19.1. The second-order valence-corrected chi connectivity index (χ2v) is 3.49. The molecule has 0 unspecified atom stereocenters. The number of halogens is 1. The number of nitrogens with one attached hydrogen (secondary N) is 1. The number of amides is 1. The Morgan fingerprint density at radius 1 is 1.57 bits per heavy atom. The minimum absolute atomic E-state index is 0. The second-order valence-electron chi connectivity index (χ2n) is 3.49. The van der Waals surface area contributed by atoms with E-state index in [0.717, 1.165) is 18.4 Å². The van der Waals surface area contributed by atoms with Crippen molar-refractivity contribution < 1.29 is 10.6 Å². The van der Waals surface area contributed by atoms with Crippen LogP contribution in [0, 0.1) is 5.92 Å². The molecule has 78 valence electrons. The van der Waals surface area contributed by atoms with E-state index in [1.807, 2.05) is 0 Å². The van der Waals surface area contributed by atoms with Crippen LogP contribution in [0.2, 0.25) is 0 Å². The summed E-state index contributed by atoms with van der Waals surface area (Å²) in [6.07, 6.45) is 3.34. The molecule has 0 aromatic heterocycles. The molecular formula is C11H16FNO. The van der Waals surface area contributed by atoms with Gasteiger partial charge >= 0.3 is 0 Å². The van der Waals surface area contributed by atoms with E-state index in [4.69, 9.17) is 0 Å². The van der Waals surface area contributed by atoms with Crippen LogP contribution in [0.1, 0.15) is 21.2 Å². The van der Waals surface area contributed by atoms with Crippen molar-refractivity contribution in [2.45, 2.75) is 19.8 Å². The number of allylic oxidation sites excluding steroid dienone is 3. The summed E-state index contributed by atoms with van der Waals surface area (Å²) in [5, 5.41) is 2.55. The summed E-state index contributed by atoms with van der Waals surface area (Å²) in [5.41, 5.74) is 1.24. The van der Waals surface area contributed by atoms with Gasteiger partial charge in [-0.25, -0.2) is 4.39 Å². The quantitative estimate of drug-likeness (QED) is 0.690. The second kappa shape index (κ2) is 4.22. The molecule has 0 saturated heterocycles. The predicted molar refractivity (Wildman–Crippen MR) is 56.1 cm³/mol. The fourth-order valence-corrected chi connectivity index (χ4v) is 1.21. The number of rotatable bonds is 4. The monoisotopic (exact) mass is 197 g/mol. The molecule has 0 radical (unpaired) electrons. The summed E-state index contributed by atoms with van der Waals surface area (Å²) in [6.45, 7) is 8.35.